The van der Waals surface area contributed by atoms with Crippen molar-refractivity contribution < 1.29 is 28.7 Å². The summed E-state index contributed by atoms with van der Waals surface area (Å²) in [5.74, 6) is 0.190. The van der Waals surface area contributed by atoms with E-state index in [1.807, 2.05) is 24.3 Å². The first-order valence-electron chi connectivity index (χ1n) is 11.6. The van der Waals surface area contributed by atoms with E-state index in [1.54, 1.807) is 62.4 Å². The number of anilines is 2. The molecule has 3 aromatic carbocycles. The number of rotatable bonds is 9. The minimum absolute atomic E-state index is 0.0324. The van der Waals surface area contributed by atoms with Crippen LogP contribution in [0.2, 0.25) is 5.02 Å². The van der Waals surface area contributed by atoms with Crippen LogP contribution in [-0.2, 0) is 22.6 Å². The van der Waals surface area contributed by atoms with E-state index >= 15 is 0 Å². The first-order valence-corrected chi connectivity index (χ1v) is 12.0. The minimum atomic E-state index is -0.878. The van der Waals surface area contributed by atoms with E-state index in [1.165, 1.54) is 4.90 Å². The first kappa shape index (κ1) is 25.8. The van der Waals surface area contributed by atoms with Crippen LogP contribution in [0.3, 0.4) is 0 Å². The lowest BCUT2D eigenvalue weighted by Gasteiger charge is -2.23. The molecule has 1 N–H and O–H groups in total. The molecule has 0 atom stereocenters. The van der Waals surface area contributed by atoms with Crippen LogP contribution in [0, 0.1) is 6.92 Å². The number of carbonyl (C=O) groups excluding carboxylic acids is 1. The molecule has 0 saturated heterocycles. The Labute approximate surface area is 219 Å². The fourth-order valence-corrected chi connectivity index (χ4v) is 3.98. The Kier molecular flexibility index (Phi) is 8.10. The molecule has 8 nitrogen and oxygen atoms in total. The highest BCUT2D eigenvalue weighted by molar-refractivity contribution is 6.34. The SMILES string of the molecule is CCOC(=O)N(c1ccccc1Cl)c1c(-c2ccc(COc3ccc(CC(=O)O)cc3)cc2)noc1C. The smallest absolute Gasteiger partial charge is 0.419 e. The molecule has 4 aromatic rings. The van der Waals surface area contributed by atoms with Crippen LogP contribution < -0.4 is 9.64 Å². The summed E-state index contributed by atoms with van der Waals surface area (Å²) in [5, 5.41) is 13.5. The molecule has 0 unspecified atom stereocenters. The molecule has 0 saturated carbocycles. The van der Waals surface area contributed by atoms with Gasteiger partial charge in [0.05, 0.1) is 23.7 Å². The summed E-state index contributed by atoms with van der Waals surface area (Å²) in [6, 6.07) is 21.5. The minimum Gasteiger partial charge on any atom is -0.489 e. The van der Waals surface area contributed by atoms with Gasteiger partial charge < -0.3 is 19.1 Å². The lowest BCUT2D eigenvalue weighted by molar-refractivity contribution is -0.136. The van der Waals surface area contributed by atoms with Gasteiger partial charge >= 0.3 is 12.1 Å². The third-order valence-corrected chi connectivity index (χ3v) is 5.83. The van der Waals surface area contributed by atoms with Crippen LogP contribution in [0.15, 0.2) is 77.3 Å². The summed E-state index contributed by atoms with van der Waals surface area (Å²) >= 11 is 6.43. The average molecular weight is 521 g/mol. The summed E-state index contributed by atoms with van der Waals surface area (Å²) in [7, 11) is 0. The van der Waals surface area contributed by atoms with Gasteiger partial charge in [-0.15, -0.1) is 0 Å². The lowest BCUT2D eigenvalue weighted by Crippen LogP contribution is -2.27. The number of benzene rings is 3. The summed E-state index contributed by atoms with van der Waals surface area (Å²) in [6.07, 6.45) is -0.627. The summed E-state index contributed by atoms with van der Waals surface area (Å²) in [4.78, 5) is 25.2. The second-order valence-corrected chi connectivity index (χ2v) is 8.53. The highest BCUT2D eigenvalue weighted by Gasteiger charge is 2.29. The third-order valence-electron chi connectivity index (χ3n) is 5.51. The van der Waals surface area contributed by atoms with Crippen LogP contribution in [0.5, 0.6) is 5.75 Å². The van der Waals surface area contributed by atoms with E-state index in [9.17, 15) is 9.59 Å². The summed E-state index contributed by atoms with van der Waals surface area (Å²) < 4.78 is 16.6. The second kappa shape index (κ2) is 11.6. The van der Waals surface area contributed by atoms with E-state index in [0.29, 0.717) is 45.8 Å². The van der Waals surface area contributed by atoms with Crippen LogP contribution in [0.1, 0.15) is 23.8 Å². The van der Waals surface area contributed by atoms with Crippen LogP contribution in [0.4, 0.5) is 16.2 Å². The van der Waals surface area contributed by atoms with Gasteiger partial charge in [0.2, 0.25) is 0 Å². The van der Waals surface area contributed by atoms with Crippen molar-refractivity contribution >= 4 is 35.0 Å². The highest BCUT2D eigenvalue weighted by Crippen LogP contribution is 2.40. The molecule has 1 heterocycles. The predicted molar refractivity (Wildman–Crippen MR) is 139 cm³/mol. The number of aryl methyl sites for hydroxylation is 1. The maximum atomic E-state index is 13.0. The van der Waals surface area contributed by atoms with Gasteiger partial charge in [-0.1, -0.05) is 65.3 Å². The van der Waals surface area contributed by atoms with Gasteiger partial charge in [0.1, 0.15) is 23.7 Å². The first-order chi connectivity index (χ1) is 17.9. The Hall–Kier alpha value is -4.30. The van der Waals surface area contributed by atoms with Gasteiger partial charge in [0.25, 0.3) is 0 Å². The predicted octanol–water partition coefficient (Wildman–Crippen LogP) is 6.80. The van der Waals surface area contributed by atoms with Gasteiger partial charge in [-0.25, -0.2) is 9.69 Å². The fourth-order valence-electron chi connectivity index (χ4n) is 3.75. The van der Waals surface area contributed by atoms with Crippen LogP contribution >= 0.6 is 11.6 Å². The molecule has 4 rings (SSSR count). The molecule has 0 aliphatic heterocycles. The third kappa shape index (κ3) is 6.10. The van der Waals surface area contributed by atoms with Crippen LogP contribution in [-0.4, -0.2) is 28.9 Å². The Bertz CT molecular complexity index is 1380. The van der Waals surface area contributed by atoms with Gasteiger partial charge in [-0.05, 0) is 49.2 Å². The zero-order valence-electron chi connectivity index (χ0n) is 20.3. The number of para-hydroxylation sites is 1. The van der Waals surface area contributed by atoms with Gasteiger partial charge in [-0.3, -0.25) is 4.79 Å². The topological polar surface area (TPSA) is 102 Å². The van der Waals surface area contributed by atoms with Crippen LogP contribution in [0.25, 0.3) is 11.3 Å². The van der Waals surface area contributed by atoms with Crippen molar-refractivity contribution in [1.82, 2.24) is 5.16 Å². The molecule has 1 aromatic heterocycles. The number of carboxylic acid groups (broad SMARTS) is 1. The zero-order valence-corrected chi connectivity index (χ0v) is 21.1. The Morgan fingerprint density at radius 2 is 1.68 bits per heavy atom. The molecule has 0 aliphatic carbocycles. The number of amides is 1. The molecule has 0 fully saturated rings. The average Bonchev–Trinajstić information content (AvgIpc) is 3.26. The van der Waals surface area contributed by atoms with Gasteiger partial charge in [0, 0.05) is 5.56 Å². The molecule has 1 amide bonds. The van der Waals surface area contributed by atoms with Crippen molar-refractivity contribution in [3.8, 4) is 17.0 Å². The number of carboxylic acids is 1. The Morgan fingerprint density at radius 3 is 2.32 bits per heavy atom. The molecule has 0 aliphatic rings. The second-order valence-electron chi connectivity index (χ2n) is 8.12. The van der Waals surface area contributed by atoms with Crippen molar-refractivity contribution in [2.24, 2.45) is 0 Å². The van der Waals surface area contributed by atoms with E-state index in [4.69, 9.17) is 30.7 Å². The van der Waals surface area contributed by atoms with Crippen molar-refractivity contribution in [3.05, 3.63) is 94.7 Å². The van der Waals surface area contributed by atoms with Crippen molar-refractivity contribution in [2.75, 3.05) is 11.5 Å². The summed E-state index contributed by atoms with van der Waals surface area (Å²) in [5.41, 5.74) is 3.71. The van der Waals surface area contributed by atoms with Crippen molar-refractivity contribution in [2.45, 2.75) is 26.9 Å². The lowest BCUT2D eigenvalue weighted by atomic mass is 10.1. The number of halogens is 1. The number of aromatic nitrogens is 1. The molecular formula is C28H25ClN2O6. The van der Waals surface area contributed by atoms with E-state index in [0.717, 1.165) is 11.1 Å². The number of nitrogens with zero attached hydrogens (tertiary/aromatic N) is 2. The Balaban J connectivity index is 1.56. The van der Waals surface area contributed by atoms with Crippen molar-refractivity contribution in [1.29, 1.82) is 0 Å². The van der Waals surface area contributed by atoms with Gasteiger partial charge in [0.15, 0.2) is 5.76 Å². The molecule has 0 spiro atoms. The molecular weight excluding hydrogens is 496 g/mol. The number of hydrogen-bond acceptors (Lipinski definition) is 6. The molecule has 0 radical (unpaired) electrons. The van der Waals surface area contributed by atoms with E-state index in [-0.39, 0.29) is 13.0 Å². The normalized spacial score (nSPS) is 10.7. The Morgan fingerprint density at radius 1 is 1.00 bits per heavy atom. The molecule has 190 valence electrons. The quantitative estimate of drug-likeness (QED) is 0.259. The number of aliphatic carboxylic acids is 1. The summed E-state index contributed by atoms with van der Waals surface area (Å²) in [6.45, 7) is 3.96. The highest BCUT2D eigenvalue weighted by atomic mass is 35.5. The molecule has 0 bridgehead atoms. The number of ether oxygens (including phenoxy) is 2. The number of hydrogen-bond donors (Lipinski definition) is 1. The largest absolute Gasteiger partial charge is 0.489 e. The van der Waals surface area contributed by atoms with E-state index < -0.39 is 12.1 Å². The van der Waals surface area contributed by atoms with E-state index in [2.05, 4.69) is 5.16 Å². The molecule has 9 heteroatoms. The standard InChI is InChI=1S/C28H25ClN2O6/c1-3-35-28(34)31(24-7-5-4-6-23(24)29)27-18(2)37-30-26(27)21-12-8-20(9-13-21)17-36-22-14-10-19(11-15-22)16-25(32)33/h4-15H,3,16-17H2,1-2H3,(H,32,33). The monoisotopic (exact) mass is 520 g/mol. The fraction of sp³-hybridized carbons (Fsp3) is 0.179. The maximum Gasteiger partial charge on any atom is 0.419 e. The molecule has 37 heavy (non-hydrogen) atoms. The number of carbonyl (C=O) groups is 2. The van der Waals surface area contributed by atoms with Gasteiger partial charge in [-0.2, -0.15) is 0 Å². The zero-order chi connectivity index (χ0) is 26.4. The van der Waals surface area contributed by atoms with Crippen molar-refractivity contribution in [3.63, 3.8) is 0 Å². The maximum absolute atomic E-state index is 13.0.